The van der Waals surface area contributed by atoms with Crippen LogP contribution in [0.15, 0.2) is 6.07 Å². The molecule has 6 heteroatoms. The minimum absolute atomic E-state index is 0.0949. The molecule has 0 saturated carbocycles. The van der Waals surface area contributed by atoms with Gasteiger partial charge in [0.1, 0.15) is 0 Å². The van der Waals surface area contributed by atoms with Gasteiger partial charge in [0.25, 0.3) is 0 Å². The third-order valence-corrected chi connectivity index (χ3v) is 4.69. The molecule has 0 spiro atoms. The summed E-state index contributed by atoms with van der Waals surface area (Å²) in [4.78, 5) is 15.0. The summed E-state index contributed by atoms with van der Waals surface area (Å²) in [5.41, 5.74) is 2.21. The molecule has 1 fully saturated rings. The van der Waals surface area contributed by atoms with Crippen molar-refractivity contribution in [1.29, 1.82) is 0 Å². The van der Waals surface area contributed by atoms with E-state index < -0.39 is 0 Å². The lowest BCUT2D eigenvalue weighted by Gasteiger charge is -2.41. The summed E-state index contributed by atoms with van der Waals surface area (Å²) in [6.45, 7) is 15.6. The lowest BCUT2D eigenvalue weighted by molar-refractivity contribution is -0.135. The van der Waals surface area contributed by atoms with Crippen molar-refractivity contribution in [3.63, 3.8) is 0 Å². The van der Waals surface area contributed by atoms with Gasteiger partial charge in [-0.05, 0) is 46.1 Å². The first-order valence-corrected chi connectivity index (χ1v) is 9.46. The van der Waals surface area contributed by atoms with Crippen LogP contribution in [0, 0.1) is 19.8 Å². The SMILES string of the molecule is Cc1cc(C)n(CCCNC(=O)C(C(C)C)N2CC(C)OC(C)C2)n1. The van der Waals surface area contributed by atoms with Crippen LogP contribution in [-0.2, 0) is 16.1 Å². The number of nitrogens with one attached hydrogen (secondary N) is 1. The molecule has 1 aromatic heterocycles. The molecular formula is C19H34N4O2. The normalized spacial score (nSPS) is 23.0. The molecule has 25 heavy (non-hydrogen) atoms. The quantitative estimate of drug-likeness (QED) is 0.766. The van der Waals surface area contributed by atoms with E-state index in [4.69, 9.17) is 4.74 Å². The zero-order chi connectivity index (χ0) is 18.6. The molecule has 0 radical (unpaired) electrons. The molecule has 142 valence electrons. The second-order valence-electron chi connectivity index (χ2n) is 7.69. The molecule has 1 aliphatic heterocycles. The summed E-state index contributed by atoms with van der Waals surface area (Å²) in [5.74, 6) is 0.401. The molecule has 1 aromatic rings. The Morgan fingerprint density at radius 3 is 2.48 bits per heavy atom. The maximum absolute atomic E-state index is 12.8. The molecular weight excluding hydrogens is 316 g/mol. The van der Waals surface area contributed by atoms with E-state index in [1.165, 1.54) is 5.69 Å². The van der Waals surface area contributed by atoms with Crippen LogP contribution in [0.1, 0.15) is 45.5 Å². The highest BCUT2D eigenvalue weighted by Gasteiger charge is 2.33. The highest BCUT2D eigenvalue weighted by molar-refractivity contribution is 5.82. The van der Waals surface area contributed by atoms with E-state index in [0.29, 0.717) is 6.54 Å². The van der Waals surface area contributed by atoms with E-state index in [0.717, 1.165) is 31.7 Å². The van der Waals surface area contributed by atoms with Crippen molar-refractivity contribution in [1.82, 2.24) is 20.0 Å². The number of nitrogens with zero attached hydrogens (tertiary/aromatic N) is 3. The summed E-state index contributed by atoms with van der Waals surface area (Å²) in [6.07, 6.45) is 1.22. The van der Waals surface area contributed by atoms with E-state index in [-0.39, 0.29) is 30.1 Å². The minimum atomic E-state index is -0.0949. The van der Waals surface area contributed by atoms with Crippen molar-refractivity contribution in [2.24, 2.45) is 5.92 Å². The highest BCUT2D eigenvalue weighted by atomic mass is 16.5. The van der Waals surface area contributed by atoms with Crippen molar-refractivity contribution < 1.29 is 9.53 Å². The van der Waals surface area contributed by atoms with Crippen molar-refractivity contribution in [3.05, 3.63) is 17.5 Å². The Morgan fingerprint density at radius 2 is 1.96 bits per heavy atom. The third kappa shape index (κ3) is 5.54. The lowest BCUT2D eigenvalue weighted by Crippen LogP contribution is -2.57. The number of ether oxygens (including phenoxy) is 1. The Hall–Kier alpha value is -1.40. The summed E-state index contributed by atoms with van der Waals surface area (Å²) < 4.78 is 7.81. The van der Waals surface area contributed by atoms with Crippen LogP contribution in [0.5, 0.6) is 0 Å². The average molecular weight is 351 g/mol. The molecule has 6 nitrogen and oxygen atoms in total. The Bertz CT molecular complexity index is 560. The first-order chi connectivity index (χ1) is 11.8. The van der Waals surface area contributed by atoms with E-state index >= 15 is 0 Å². The minimum Gasteiger partial charge on any atom is -0.373 e. The molecule has 2 rings (SSSR count). The Morgan fingerprint density at radius 1 is 1.32 bits per heavy atom. The van der Waals surface area contributed by atoms with Crippen LogP contribution in [-0.4, -0.2) is 58.5 Å². The molecule has 3 unspecified atom stereocenters. The zero-order valence-corrected chi connectivity index (χ0v) is 16.6. The fourth-order valence-electron chi connectivity index (χ4n) is 3.78. The summed E-state index contributed by atoms with van der Waals surface area (Å²) in [7, 11) is 0. The number of carbonyl (C=O) groups excluding carboxylic acids is 1. The van der Waals surface area contributed by atoms with Gasteiger partial charge in [0.05, 0.1) is 23.9 Å². The Balaban J connectivity index is 1.84. The van der Waals surface area contributed by atoms with Gasteiger partial charge in [-0.2, -0.15) is 5.10 Å². The van der Waals surface area contributed by atoms with Gasteiger partial charge in [-0.15, -0.1) is 0 Å². The largest absolute Gasteiger partial charge is 0.373 e. The number of rotatable bonds is 7. The first-order valence-electron chi connectivity index (χ1n) is 9.46. The number of aryl methyl sites for hydroxylation is 3. The summed E-state index contributed by atoms with van der Waals surface area (Å²) >= 11 is 0. The van der Waals surface area contributed by atoms with E-state index in [1.807, 2.05) is 11.6 Å². The van der Waals surface area contributed by atoms with Gasteiger partial charge in [-0.25, -0.2) is 0 Å². The molecule has 1 amide bonds. The van der Waals surface area contributed by atoms with E-state index in [9.17, 15) is 4.79 Å². The third-order valence-electron chi connectivity index (χ3n) is 4.69. The van der Waals surface area contributed by atoms with E-state index in [1.54, 1.807) is 0 Å². The van der Waals surface area contributed by atoms with Crippen molar-refractivity contribution in [2.75, 3.05) is 19.6 Å². The van der Waals surface area contributed by atoms with Crippen LogP contribution < -0.4 is 5.32 Å². The first kappa shape index (κ1) is 19.9. The fourth-order valence-corrected chi connectivity index (χ4v) is 3.78. The number of hydrogen-bond acceptors (Lipinski definition) is 4. The van der Waals surface area contributed by atoms with Crippen molar-refractivity contribution in [3.8, 4) is 0 Å². The Labute approximate surface area is 151 Å². The fraction of sp³-hybridized carbons (Fsp3) is 0.789. The lowest BCUT2D eigenvalue weighted by atomic mass is 9.99. The maximum atomic E-state index is 12.8. The maximum Gasteiger partial charge on any atom is 0.237 e. The molecule has 1 aliphatic rings. The van der Waals surface area contributed by atoms with Gasteiger partial charge in [-0.1, -0.05) is 13.8 Å². The average Bonchev–Trinajstić information content (AvgIpc) is 2.80. The number of hydrogen-bond donors (Lipinski definition) is 1. The number of amides is 1. The Kier molecular flexibility index (Phi) is 7.02. The predicted octanol–water partition coefficient (Wildman–Crippen LogP) is 2.14. The predicted molar refractivity (Wildman–Crippen MR) is 99.5 cm³/mol. The monoisotopic (exact) mass is 350 g/mol. The van der Waals surface area contributed by atoms with Crippen LogP contribution in [0.4, 0.5) is 0 Å². The van der Waals surface area contributed by atoms with Crippen LogP contribution in [0.25, 0.3) is 0 Å². The topological polar surface area (TPSA) is 59.4 Å². The smallest absolute Gasteiger partial charge is 0.237 e. The standard InChI is InChI=1S/C19H34N4O2/c1-13(2)18(22-11-16(5)25-17(6)12-22)19(24)20-8-7-9-23-15(4)10-14(3)21-23/h10,13,16-18H,7-9,11-12H2,1-6H3,(H,20,24). The van der Waals surface area contributed by atoms with Crippen molar-refractivity contribution in [2.45, 2.75) is 72.8 Å². The van der Waals surface area contributed by atoms with Gasteiger partial charge in [0.2, 0.25) is 5.91 Å². The van der Waals surface area contributed by atoms with Crippen LogP contribution in [0.2, 0.25) is 0 Å². The van der Waals surface area contributed by atoms with E-state index in [2.05, 4.69) is 56.0 Å². The zero-order valence-electron chi connectivity index (χ0n) is 16.6. The molecule has 0 aliphatic carbocycles. The number of morpholine rings is 1. The number of aromatic nitrogens is 2. The van der Waals surface area contributed by atoms with Gasteiger partial charge < -0.3 is 10.1 Å². The molecule has 1 saturated heterocycles. The summed E-state index contributed by atoms with van der Waals surface area (Å²) in [5, 5.41) is 7.59. The molecule has 2 heterocycles. The second kappa shape index (κ2) is 8.81. The molecule has 0 bridgehead atoms. The van der Waals surface area contributed by atoms with Crippen LogP contribution >= 0.6 is 0 Å². The summed E-state index contributed by atoms with van der Waals surface area (Å²) in [6, 6.07) is 1.98. The molecule has 1 N–H and O–H groups in total. The van der Waals surface area contributed by atoms with Crippen LogP contribution in [0.3, 0.4) is 0 Å². The van der Waals surface area contributed by atoms with Gasteiger partial charge in [-0.3, -0.25) is 14.4 Å². The number of carbonyl (C=O) groups is 1. The second-order valence-corrected chi connectivity index (χ2v) is 7.69. The van der Waals surface area contributed by atoms with Gasteiger partial charge >= 0.3 is 0 Å². The highest BCUT2D eigenvalue weighted by Crippen LogP contribution is 2.18. The van der Waals surface area contributed by atoms with Gasteiger partial charge in [0, 0.05) is 31.9 Å². The molecule has 3 atom stereocenters. The van der Waals surface area contributed by atoms with Gasteiger partial charge in [0.15, 0.2) is 0 Å². The molecule has 0 aromatic carbocycles. The van der Waals surface area contributed by atoms with Crippen molar-refractivity contribution >= 4 is 5.91 Å².